The van der Waals surface area contributed by atoms with Gasteiger partial charge in [0.25, 0.3) is 0 Å². The van der Waals surface area contributed by atoms with E-state index in [4.69, 9.17) is 0 Å². The second-order valence-electron chi connectivity index (χ2n) is 6.59. The molecule has 0 spiro atoms. The third kappa shape index (κ3) is 4.09. The van der Waals surface area contributed by atoms with E-state index in [1.165, 1.54) is 29.6 Å². The van der Waals surface area contributed by atoms with Gasteiger partial charge in [0.15, 0.2) is 0 Å². The molecule has 0 saturated heterocycles. The number of hydrogen-bond donors (Lipinski definition) is 0. The number of fused-ring (bicyclic) bond motifs is 1. The first-order chi connectivity index (χ1) is 12.2. The number of rotatable bonds is 5. The predicted molar refractivity (Wildman–Crippen MR) is 90.7 cm³/mol. The Morgan fingerprint density at radius 1 is 1.31 bits per heavy atom. The molecule has 142 valence electrons. The molecule has 1 aliphatic rings. The molecule has 9 heteroatoms. The topological polar surface area (TPSA) is 55.2 Å². The third-order valence-corrected chi connectivity index (χ3v) is 6.46. The molecule has 0 fully saturated rings. The van der Waals surface area contributed by atoms with Crippen molar-refractivity contribution >= 4 is 10.0 Å². The number of alkyl halides is 3. The van der Waals surface area contributed by atoms with Crippen molar-refractivity contribution in [1.82, 2.24) is 13.9 Å². The smallest absolute Gasteiger partial charge is 0.335 e. The number of imidazole rings is 1. The van der Waals surface area contributed by atoms with Crippen LogP contribution >= 0.6 is 0 Å². The maximum Gasteiger partial charge on any atom is 0.416 e. The van der Waals surface area contributed by atoms with Gasteiger partial charge in [-0.15, -0.1) is 0 Å². The number of aromatic nitrogens is 2. The molecular formula is C17H20F3N3O2S. The highest BCUT2D eigenvalue weighted by molar-refractivity contribution is 7.88. The zero-order chi connectivity index (χ0) is 18.9. The summed E-state index contributed by atoms with van der Waals surface area (Å²) in [5.41, 5.74) is -1.13. The van der Waals surface area contributed by atoms with E-state index in [1.54, 1.807) is 6.20 Å². The van der Waals surface area contributed by atoms with Gasteiger partial charge < -0.3 is 4.57 Å². The van der Waals surface area contributed by atoms with E-state index in [0.717, 1.165) is 24.7 Å². The normalized spacial score (nSPS) is 18.1. The monoisotopic (exact) mass is 387 g/mol. The van der Waals surface area contributed by atoms with Crippen molar-refractivity contribution in [1.29, 1.82) is 0 Å². The lowest BCUT2D eigenvalue weighted by Crippen LogP contribution is -2.36. The standard InChI is InChI=1S/C17H20F3N3O2S/c1-22(10-13-6-7-16-21-8-9-23(16)11-13)26(24,25)12-14-4-2-3-5-15(14)17(18,19)20/h2-5,8-9,13H,6-7,10-12H2,1H3/t13-/m0/s1. The van der Waals surface area contributed by atoms with Crippen molar-refractivity contribution in [3.63, 3.8) is 0 Å². The number of sulfonamides is 1. The highest BCUT2D eigenvalue weighted by Gasteiger charge is 2.35. The van der Waals surface area contributed by atoms with E-state index < -0.39 is 27.5 Å². The maximum atomic E-state index is 13.1. The molecule has 26 heavy (non-hydrogen) atoms. The van der Waals surface area contributed by atoms with Gasteiger partial charge in [0.2, 0.25) is 10.0 Å². The molecule has 0 saturated carbocycles. The van der Waals surface area contributed by atoms with E-state index in [-0.39, 0.29) is 18.0 Å². The van der Waals surface area contributed by atoms with Crippen molar-refractivity contribution in [2.75, 3.05) is 13.6 Å². The molecule has 1 aromatic carbocycles. The molecular weight excluding hydrogens is 367 g/mol. The number of benzene rings is 1. The van der Waals surface area contributed by atoms with Gasteiger partial charge in [-0.05, 0) is 24.0 Å². The molecule has 1 atom stereocenters. The van der Waals surface area contributed by atoms with Crippen LogP contribution in [0.3, 0.4) is 0 Å². The molecule has 0 amide bonds. The molecule has 3 rings (SSSR count). The minimum Gasteiger partial charge on any atom is -0.335 e. The number of hydrogen-bond acceptors (Lipinski definition) is 3. The van der Waals surface area contributed by atoms with E-state index in [0.29, 0.717) is 6.54 Å². The fourth-order valence-electron chi connectivity index (χ4n) is 3.29. The Morgan fingerprint density at radius 2 is 2.04 bits per heavy atom. The highest BCUT2D eigenvalue weighted by Crippen LogP contribution is 2.33. The molecule has 1 aromatic heterocycles. The van der Waals surface area contributed by atoms with Gasteiger partial charge in [-0.25, -0.2) is 17.7 Å². The Labute approximate surface area is 150 Å². The molecule has 0 radical (unpaired) electrons. The van der Waals surface area contributed by atoms with Crippen molar-refractivity contribution in [3.05, 3.63) is 53.6 Å². The quantitative estimate of drug-likeness (QED) is 0.793. The van der Waals surface area contributed by atoms with Crippen LogP contribution in [-0.4, -0.2) is 35.9 Å². The Bertz CT molecular complexity index is 877. The average Bonchev–Trinajstić information content (AvgIpc) is 3.01. The summed E-state index contributed by atoms with van der Waals surface area (Å²) >= 11 is 0. The lowest BCUT2D eigenvalue weighted by Gasteiger charge is -2.28. The van der Waals surface area contributed by atoms with Crippen molar-refractivity contribution in [2.24, 2.45) is 5.92 Å². The largest absolute Gasteiger partial charge is 0.416 e. The van der Waals surface area contributed by atoms with Crippen LogP contribution in [0, 0.1) is 5.92 Å². The van der Waals surface area contributed by atoms with Gasteiger partial charge in [-0.2, -0.15) is 13.2 Å². The first-order valence-electron chi connectivity index (χ1n) is 8.26. The predicted octanol–water partition coefficient (Wildman–Crippen LogP) is 2.93. The summed E-state index contributed by atoms with van der Waals surface area (Å²) in [4.78, 5) is 4.23. The number of nitrogens with zero attached hydrogens (tertiary/aromatic N) is 3. The van der Waals surface area contributed by atoms with E-state index in [9.17, 15) is 21.6 Å². The van der Waals surface area contributed by atoms with Gasteiger partial charge >= 0.3 is 6.18 Å². The molecule has 1 aliphatic heterocycles. The third-order valence-electron chi connectivity index (χ3n) is 4.68. The van der Waals surface area contributed by atoms with E-state index >= 15 is 0 Å². The van der Waals surface area contributed by atoms with Gasteiger partial charge in [-0.1, -0.05) is 18.2 Å². The summed E-state index contributed by atoms with van der Waals surface area (Å²) in [6.45, 7) is 0.933. The van der Waals surface area contributed by atoms with E-state index in [2.05, 4.69) is 4.98 Å². The van der Waals surface area contributed by atoms with E-state index in [1.807, 2.05) is 10.8 Å². The summed E-state index contributed by atoms with van der Waals surface area (Å²) in [6.07, 6.45) is 0.562. The first kappa shape index (κ1) is 18.9. The average molecular weight is 387 g/mol. The van der Waals surface area contributed by atoms with Crippen LogP contribution in [-0.2, 0) is 34.9 Å². The Kier molecular flexibility index (Phi) is 5.12. The van der Waals surface area contributed by atoms with Crippen LogP contribution in [0.2, 0.25) is 0 Å². The summed E-state index contributed by atoms with van der Waals surface area (Å²) < 4.78 is 67.6. The summed E-state index contributed by atoms with van der Waals surface area (Å²) in [5, 5.41) is 0. The summed E-state index contributed by atoms with van der Waals surface area (Å²) in [5.74, 6) is 0.419. The van der Waals surface area contributed by atoms with Crippen LogP contribution in [0.4, 0.5) is 13.2 Å². The fraction of sp³-hybridized carbons (Fsp3) is 0.471. The van der Waals surface area contributed by atoms with Gasteiger partial charge in [0.05, 0.1) is 11.3 Å². The van der Waals surface area contributed by atoms with Crippen molar-refractivity contribution in [2.45, 2.75) is 31.3 Å². The minimum atomic E-state index is -4.58. The SMILES string of the molecule is CN(C[C@@H]1CCc2nccn2C1)S(=O)(=O)Cc1ccccc1C(F)(F)F. The van der Waals surface area contributed by atoms with Crippen molar-refractivity contribution in [3.8, 4) is 0 Å². The molecule has 5 nitrogen and oxygen atoms in total. The molecule has 2 heterocycles. The highest BCUT2D eigenvalue weighted by atomic mass is 32.2. The zero-order valence-electron chi connectivity index (χ0n) is 14.3. The minimum absolute atomic E-state index is 0.106. The van der Waals surface area contributed by atoms with Crippen LogP contribution in [0.15, 0.2) is 36.7 Å². The molecule has 2 aromatic rings. The Morgan fingerprint density at radius 3 is 2.77 bits per heavy atom. The molecule has 0 aliphatic carbocycles. The van der Waals surface area contributed by atoms with Crippen LogP contribution in [0.5, 0.6) is 0 Å². The molecule has 0 unspecified atom stereocenters. The summed E-state index contributed by atoms with van der Waals surface area (Å²) in [7, 11) is -2.43. The number of halogens is 3. The second-order valence-corrected chi connectivity index (χ2v) is 8.67. The Hall–Kier alpha value is -1.87. The van der Waals surface area contributed by atoms with Gasteiger partial charge in [-0.3, -0.25) is 0 Å². The molecule has 0 bridgehead atoms. The first-order valence-corrected chi connectivity index (χ1v) is 9.87. The second kappa shape index (κ2) is 7.03. The van der Waals surface area contributed by atoms with Gasteiger partial charge in [0, 0.05) is 39.0 Å². The lowest BCUT2D eigenvalue weighted by molar-refractivity contribution is -0.138. The lowest BCUT2D eigenvalue weighted by atomic mass is 10.00. The van der Waals surface area contributed by atoms with Crippen LogP contribution in [0.1, 0.15) is 23.4 Å². The fourth-order valence-corrected chi connectivity index (χ4v) is 4.60. The van der Waals surface area contributed by atoms with Crippen molar-refractivity contribution < 1.29 is 21.6 Å². The number of aryl methyl sites for hydroxylation is 1. The van der Waals surface area contributed by atoms with Crippen LogP contribution < -0.4 is 0 Å². The molecule has 0 N–H and O–H groups in total. The zero-order valence-corrected chi connectivity index (χ0v) is 15.1. The maximum absolute atomic E-state index is 13.1. The van der Waals surface area contributed by atoms with Crippen LogP contribution in [0.25, 0.3) is 0 Å². The summed E-state index contributed by atoms with van der Waals surface area (Å²) in [6, 6.07) is 4.80. The van der Waals surface area contributed by atoms with Gasteiger partial charge in [0.1, 0.15) is 5.82 Å². The Balaban J connectivity index is 1.71.